The van der Waals surface area contributed by atoms with Gasteiger partial charge in [-0.25, -0.2) is 21.5 Å². The number of nitrogens with two attached hydrogens (primary N) is 2. The van der Waals surface area contributed by atoms with Gasteiger partial charge in [-0.2, -0.15) is 13.2 Å². The van der Waals surface area contributed by atoms with Crippen molar-refractivity contribution in [1.82, 2.24) is 10.4 Å². The number of hydrogen-bond donors (Lipinski definition) is 3. The van der Waals surface area contributed by atoms with Crippen molar-refractivity contribution in [1.29, 1.82) is 0 Å². The van der Waals surface area contributed by atoms with Crippen LogP contribution < -0.4 is 26.9 Å². The van der Waals surface area contributed by atoms with Gasteiger partial charge in [0, 0.05) is 11.8 Å². The highest BCUT2D eigenvalue weighted by Crippen LogP contribution is 2.31. The number of ether oxygens (including phenoxy) is 1. The van der Waals surface area contributed by atoms with Crippen LogP contribution in [0.25, 0.3) is 12.2 Å². The summed E-state index contributed by atoms with van der Waals surface area (Å²) in [6.07, 6.45) is -0.623. The van der Waals surface area contributed by atoms with Gasteiger partial charge in [0.15, 0.2) is 0 Å². The van der Waals surface area contributed by atoms with Crippen LogP contribution in [0.2, 0.25) is 0 Å². The molecule has 10 heteroatoms. The van der Waals surface area contributed by atoms with E-state index in [1.807, 2.05) is 5.43 Å². The van der Waals surface area contributed by atoms with Gasteiger partial charge in [0.25, 0.3) is 0 Å². The van der Waals surface area contributed by atoms with E-state index in [2.05, 4.69) is 4.98 Å². The predicted octanol–water partition coefficient (Wildman–Crippen LogP) is 2.54. The minimum Gasteiger partial charge on any atom is -0.496 e. The zero-order valence-electron chi connectivity index (χ0n) is 13.6. The molecule has 138 valence electrons. The second kappa shape index (κ2) is 7.85. The molecule has 1 aromatic heterocycles. The van der Waals surface area contributed by atoms with E-state index in [1.165, 1.54) is 25.3 Å². The third-order valence-electron chi connectivity index (χ3n) is 3.39. The number of hydrazine groups is 2. The van der Waals surface area contributed by atoms with Crippen molar-refractivity contribution >= 4 is 23.9 Å². The highest BCUT2D eigenvalue weighted by atomic mass is 19.4. The molecule has 26 heavy (non-hydrogen) atoms. The first-order valence-electron chi connectivity index (χ1n) is 7.21. The van der Waals surface area contributed by atoms with Gasteiger partial charge in [-0.3, -0.25) is 10.4 Å². The van der Waals surface area contributed by atoms with E-state index < -0.39 is 17.8 Å². The normalized spacial score (nSPS) is 11.5. The number of methoxy groups -OCH3 is 1. The number of halogens is 3. The van der Waals surface area contributed by atoms with Crippen LogP contribution in [0.1, 0.15) is 16.8 Å². The van der Waals surface area contributed by atoms with Crippen LogP contribution in [0, 0.1) is 0 Å². The quantitative estimate of drug-likeness (QED) is 0.437. The number of urea groups is 1. The number of alkyl halides is 3. The van der Waals surface area contributed by atoms with E-state index in [-0.39, 0.29) is 11.4 Å². The van der Waals surface area contributed by atoms with Crippen molar-refractivity contribution in [3.05, 3.63) is 53.3 Å². The third-order valence-corrected chi connectivity index (χ3v) is 3.39. The maximum atomic E-state index is 12.8. The molecule has 1 heterocycles. The lowest BCUT2D eigenvalue weighted by atomic mass is 10.1. The fourth-order valence-corrected chi connectivity index (χ4v) is 2.15. The minimum absolute atomic E-state index is 0.0727. The zero-order chi connectivity index (χ0) is 19.3. The lowest BCUT2D eigenvalue weighted by Crippen LogP contribution is -2.47. The predicted molar refractivity (Wildman–Crippen MR) is 90.5 cm³/mol. The number of carbonyl (C=O) groups excluding carboxylic acids is 1. The van der Waals surface area contributed by atoms with Crippen molar-refractivity contribution < 1.29 is 22.7 Å². The average molecular weight is 367 g/mol. The summed E-state index contributed by atoms with van der Waals surface area (Å²) < 4.78 is 43.6. The topological polar surface area (TPSA) is 106 Å². The molecule has 0 atom stereocenters. The first kappa shape index (κ1) is 19.2. The second-order valence-electron chi connectivity index (χ2n) is 5.01. The molecule has 0 bridgehead atoms. The molecule has 1 aromatic carbocycles. The van der Waals surface area contributed by atoms with Crippen LogP contribution in [0.5, 0.6) is 5.75 Å². The van der Waals surface area contributed by atoms with E-state index in [0.29, 0.717) is 11.3 Å². The highest BCUT2D eigenvalue weighted by molar-refractivity contribution is 5.94. The Morgan fingerprint density at radius 1 is 1.31 bits per heavy atom. The molecule has 2 amide bonds. The first-order chi connectivity index (χ1) is 12.3. The number of hydrogen-bond acceptors (Lipinski definition) is 5. The molecule has 0 saturated heterocycles. The summed E-state index contributed by atoms with van der Waals surface area (Å²) in [5.41, 5.74) is 1.73. The number of nitrogens with zero attached hydrogens (tertiary/aromatic N) is 2. The van der Waals surface area contributed by atoms with Crippen LogP contribution in [0.15, 0.2) is 36.5 Å². The average Bonchev–Trinajstić information content (AvgIpc) is 2.64. The van der Waals surface area contributed by atoms with E-state index >= 15 is 0 Å². The van der Waals surface area contributed by atoms with Crippen LogP contribution in [0.3, 0.4) is 0 Å². The Kier molecular flexibility index (Phi) is 5.80. The summed E-state index contributed by atoms with van der Waals surface area (Å²) in [5.74, 6) is 11.1. The van der Waals surface area contributed by atoms with Gasteiger partial charge in [-0.1, -0.05) is 6.07 Å². The van der Waals surface area contributed by atoms with Crippen molar-refractivity contribution in [2.45, 2.75) is 6.18 Å². The molecular weight excluding hydrogens is 351 g/mol. The zero-order valence-corrected chi connectivity index (χ0v) is 13.6. The molecule has 0 aliphatic heterocycles. The first-order valence-corrected chi connectivity index (χ1v) is 7.21. The van der Waals surface area contributed by atoms with Crippen LogP contribution in [0.4, 0.5) is 23.7 Å². The number of nitrogens with one attached hydrogen (secondary N) is 1. The molecule has 0 aliphatic carbocycles. The van der Waals surface area contributed by atoms with Crippen molar-refractivity contribution in [3.8, 4) is 5.75 Å². The van der Waals surface area contributed by atoms with Gasteiger partial charge < -0.3 is 4.74 Å². The Hall–Kier alpha value is -3.11. The number of benzene rings is 1. The lowest BCUT2D eigenvalue weighted by Gasteiger charge is -2.19. The number of pyridine rings is 1. The third kappa shape index (κ3) is 4.29. The van der Waals surface area contributed by atoms with E-state index in [0.717, 1.165) is 23.3 Å². The van der Waals surface area contributed by atoms with Gasteiger partial charge in [0.1, 0.15) is 5.75 Å². The Morgan fingerprint density at radius 3 is 2.65 bits per heavy atom. The number of carbonyl (C=O) groups is 1. The molecule has 0 radical (unpaired) electrons. The standard InChI is InChI=1S/C16H16F3N5O2/c1-26-14-4-2-3-13(24(21)15(25)23-20)12(14)6-5-11-9-10(7-8-22-11)16(17,18)19/h2-9H,20-21H2,1H3,(H,23,25)/b6-5+. The monoisotopic (exact) mass is 367 g/mol. The Labute approximate surface area is 147 Å². The van der Waals surface area contributed by atoms with Crippen LogP contribution in [-0.4, -0.2) is 18.1 Å². The van der Waals surface area contributed by atoms with Crippen LogP contribution in [-0.2, 0) is 6.18 Å². The maximum Gasteiger partial charge on any atom is 0.416 e. The summed E-state index contributed by atoms with van der Waals surface area (Å²) >= 11 is 0. The minimum atomic E-state index is -4.48. The SMILES string of the molecule is COc1cccc(N(N)C(=O)NN)c1/C=C/c1cc(C(F)(F)F)ccn1. The van der Waals surface area contributed by atoms with Gasteiger partial charge >= 0.3 is 12.2 Å². The Morgan fingerprint density at radius 2 is 2.04 bits per heavy atom. The molecule has 0 spiro atoms. The van der Waals surface area contributed by atoms with Gasteiger partial charge in [0.05, 0.1) is 24.1 Å². The number of aromatic nitrogens is 1. The Bertz CT molecular complexity index is 824. The number of anilines is 1. The summed E-state index contributed by atoms with van der Waals surface area (Å²) in [4.78, 5) is 15.5. The van der Waals surface area contributed by atoms with Crippen molar-refractivity contribution in [3.63, 3.8) is 0 Å². The molecule has 0 saturated carbocycles. The van der Waals surface area contributed by atoms with Gasteiger partial charge in [-0.05, 0) is 36.4 Å². The van der Waals surface area contributed by atoms with Crippen LogP contribution >= 0.6 is 0 Å². The fourth-order valence-electron chi connectivity index (χ4n) is 2.15. The molecule has 0 fully saturated rings. The smallest absolute Gasteiger partial charge is 0.416 e. The molecule has 2 rings (SSSR count). The van der Waals surface area contributed by atoms with Gasteiger partial charge in [0.2, 0.25) is 0 Å². The molecule has 5 N–H and O–H groups in total. The summed E-state index contributed by atoms with van der Waals surface area (Å²) in [6.45, 7) is 0. The second-order valence-corrected chi connectivity index (χ2v) is 5.01. The number of rotatable bonds is 4. The number of amides is 2. The summed E-state index contributed by atoms with van der Waals surface area (Å²) in [7, 11) is 1.41. The molecule has 2 aromatic rings. The lowest BCUT2D eigenvalue weighted by molar-refractivity contribution is -0.137. The van der Waals surface area contributed by atoms with Gasteiger partial charge in [-0.15, -0.1) is 0 Å². The molecule has 0 unspecified atom stereocenters. The summed E-state index contributed by atoms with van der Waals surface area (Å²) in [6, 6.07) is 5.72. The Balaban J connectivity index is 2.45. The fraction of sp³-hybridized carbons (Fsp3) is 0.125. The molecular formula is C16H16F3N5O2. The van der Waals surface area contributed by atoms with E-state index in [9.17, 15) is 18.0 Å². The van der Waals surface area contributed by atoms with E-state index in [1.54, 1.807) is 12.1 Å². The van der Waals surface area contributed by atoms with Crippen molar-refractivity contribution in [2.75, 3.05) is 12.1 Å². The maximum absolute atomic E-state index is 12.8. The largest absolute Gasteiger partial charge is 0.496 e. The molecule has 7 nitrogen and oxygen atoms in total. The van der Waals surface area contributed by atoms with Crippen molar-refractivity contribution in [2.24, 2.45) is 11.7 Å². The van der Waals surface area contributed by atoms with E-state index in [4.69, 9.17) is 16.4 Å². The summed E-state index contributed by atoms with van der Waals surface area (Å²) in [5, 5.41) is 0.752. The highest BCUT2D eigenvalue weighted by Gasteiger charge is 2.30. The molecule has 0 aliphatic rings.